The average Bonchev–Trinajstić information content (AvgIpc) is 2.67. The molecule has 0 saturated carbocycles. The van der Waals surface area contributed by atoms with Gasteiger partial charge in [0.1, 0.15) is 0 Å². The molecule has 0 aliphatic rings. The number of amides is 1. The zero-order valence-corrected chi connectivity index (χ0v) is 13.9. The van der Waals surface area contributed by atoms with E-state index >= 15 is 0 Å². The predicted octanol–water partition coefficient (Wildman–Crippen LogP) is 4.97. The number of nitrogens with one attached hydrogen (secondary N) is 1. The van der Waals surface area contributed by atoms with E-state index in [1.807, 2.05) is 42.5 Å². The minimum Gasteiger partial charge on any atom is -0.352 e. The van der Waals surface area contributed by atoms with Crippen LogP contribution in [-0.4, -0.2) is 12.5 Å². The highest BCUT2D eigenvalue weighted by Gasteiger charge is 2.09. The van der Waals surface area contributed by atoms with Crippen LogP contribution < -0.4 is 5.32 Å². The molecule has 1 N–H and O–H groups in total. The van der Waals surface area contributed by atoms with Crippen molar-refractivity contribution < 1.29 is 4.79 Å². The molecule has 0 saturated heterocycles. The SMILES string of the molecule is O=C(NCCc1cccc2ccccc12)c1cccc2ccccc12. The van der Waals surface area contributed by atoms with E-state index in [0.29, 0.717) is 6.54 Å². The summed E-state index contributed by atoms with van der Waals surface area (Å²) in [5, 5.41) is 7.64. The largest absolute Gasteiger partial charge is 0.352 e. The van der Waals surface area contributed by atoms with Gasteiger partial charge in [-0.1, -0.05) is 78.9 Å². The van der Waals surface area contributed by atoms with Crippen LogP contribution in [0.4, 0.5) is 0 Å². The Morgan fingerprint density at radius 1 is 0.680 bits per heavy atom. The highest BCUT2D eigenvalue weighted by atomic mass is 16.1. The van der Waals surface area contributed by atoms with E-state index in [2.05, 4.69) is 47.8 Å². The van der Waals surface area contributed by atoms with Gasteiger partial charge in [-0.15, -0.1) is 0 Å². The number of fused-ring (bicyclic) bond motifs is 2. The predicted molar refractivity (Wildman–Crippen MR) is 104 cm³/mol. The van der Waals surface area contributed by atoms with Crippen LogP contribution in [0.5, 0.6) is 0 Å². The lowest BCUT2D eigenvalue weighted by Gasteiger charge is -2.10. The van der Waals surface area contributed by atoms with Crippen LogP contribution in [0.1, 0.15) is 15.9 Å². The van der Waals surface area contributed by atoms with Crippen molar-refractivity contribution in [2.75, 3.05) is 6.54 Å². The molecular formula is C23H19NO. The van der Waals surface area contributed by atoms with Crippen LogP contribution in [0.15, 0.2) is 84.9 Å². The summed E-state index contributed by atoms with van der Waals surface area (Å²) in [5.74, 6) is -0.0166. The van der Waals surface area contributed by atoms with Gasteiger partial charge in [0.25, 0.3) is 5.91 Å². The van der Waals surface area contributed by atoms with Crippen molar-refractivity contribution in [1.29, 1.82) is 0 Å². The molecule has 1 amide bonds. The number of rotatable bonds is 4. The molecule has 4 aromatic rings. The molecule has 0 fully saturated rings. The molecule has 0 heterocycles. The molecule has 0 unspecified atom stereocenters. The van der Waals surface area contributed by atoms with Crippen molar-refractivity contribution in [2.24, 2.45) is 0 Å². The molecule has 0 atom stereocenters. The zero-order chi connectivity index (χ0) is 17.1. The van der Waals surface area contributed by atoms with E-state index in [-0.39, 0.29) is 5.91 Å². The van der Waals surface area contributed by atoms with Crippen molar-refractivity contribution in [3.8, 4) is 0 Å². The number of carbonyl (C=O) groups excluding carboxylic acids is 1. The van der Waals surface area contributed by atoms with Crippen LogP contribution >= 0.6 is 0 Å². The Morgan fingerprint density at radius 3 is 2.08 bits per heavy atom. The summed E-state index contributed by atoms with van der Waals surface area (Å²) in [6.45, 7) is 0.621. The highest BCUT2D eigenvalue weighted by molar-refractivity contribution is 6.07. The molecule has 2 nitrogen and oxygen atoms in total. The number of hydrogen-bond donors (Lipinski definition) is 1. The Morgan fingerprint density at radius 2 is 1.28 bits per heavy atom. The van der Waals surface area contributed by atoms with Crippen LogP contribution in [0, 0.1) is 0 Å². The molecule has 2 heteroatoms. The van der Waals surface area contributed by atoms with Crippen molar-refractivity contribution in [3.05, 3.63) is 96.1 Å². The Labute approximate surface area is 147 Å². The molecule has 0 spiro atoms. The molecule has 25 heavy (non-hydrogen) atoms. The Kier molecular flexibility index (Phi) is 4.17. The van der Waals surface area contributed by atoms with E-state index < -0.39 is 0 Å². The molecule has 0 aliphatic carbocycles. The molecule has 122 valence electrons. The molecule has 0 radical (unpaired) electrons. The third-order valence-corrected chi connectivity index (χ3v) is 4.59. The van der Waals surface area contributed by atoms with Crippen LogP contribution in [0.3, 0.4) is 0 Å². The monoisotopic (exact) mass is 325 g/mol. The Balaban J connectivity index is 1.50. The van der Waals surface area contributed by atoms with E-state index in [1.165, 1.54) is 16.3 Å². The fraction of sp³-hybridized carbons (Fsp3) is 0.0870. The lowest BCUT2D eigenvalue weighted by Crippen LogP contribution is -2.25. The van der Waals surface area contributed by atoms with Gasteiger partial charge in [-0.3, -0.25) is 4.79 Å². The minimum atomic E-state index is -0.0166. The maximum atomic E-state index is 12.6. The second-order valence-corrected chi connectivity index (χ2v) is 6.17. The van der Waals surface area contributed by atoms with E-state index in [0.717, 1.165) is 22.8 Å². The number of hydrogen-bond acceptors (Lipinski definition) is 1. The lowest BCUT2D eigenvalue weighted by atomic mass is 10.0. The first-order chi connectivity index (χ1) is 12.3. The van der Waals surface area contributed by atoms with Gasteiger partial charge in [0.15, 0.2) is 0 Å². The summed E-state index contributed by atoms with van der Waals surface area (Å²) >= 11 is 0. The van der Waals surface area contributed by atoms with E-state index in [4.69, 9.17) is 0 Å². The van der Waals surface area contributed by atoms with Crippen LogP contribution in [0.25, 0.3) is 21.5 Å². The summed E-state index contributed by atoms with van der Waals surface area (Å²) in [4.78, 5) is 12.6. The zero-order valence-electron chi connectivity index (χ0n) is 13.9. The van der Waals surface area contributed by atoms with Crippen molar-refractivity contribution >= 4 is 27.5 Å². The quantitative estimate of drug-likeness (QED) is 0.564. The van der Waals surface area contributed by atoms with Crippen molar-refractivity contribution in [3.63, 3.8) is 0 Å². The average molecular weight is 325 g/mol. The molecule has 0 aliphatic heterocycles. The normalized spacial score (nSPS) is 10.9. The Bertz CT molecular complexity index is 1040. The smallest absolute Gasteiger partial charge is 0.251 e. The minimum absolute atomic E-state index is 0.0166. The van der Waals surface area contributed by atoms with Crippen LogP contribution in [0.2, 0.25) is 0 Å². The summed E-state index contributed by atoms with van der Waals surface area (Å²) in [6, 6.07) is 28.5. The maximum Gasteiger partial charge on any atom is 0.251 e. The standard InChI is InChI=1S/C23H19NO/c25-23(22-14-6-11-18-8-2-4-13-21(18)22)24-16-15-19-10-5-9-17-7-1-3-12-20(17)19/h1-14H,15-16H2,(H,24,25). The molecule has 4 rings (SSSR count). The van der Waals surface area contributed by atoms with E-state index in [9.17, 15) is 4.79 Å². The second kappa shape index (κ2) is 6.78. The van der Waals surface area contributed by atoms with Gasteiger partial charge < -0.3 is 5.32 Å². The van der Waals surface area contributed by atoms with Gasteiger partial charge in [-0.25, -0.2) is 0 Å². The first kappa shape index (κ1) is 15.4. The van der Waals surface area contributed by atoms with Gasteiger partial charge in [0.05, 0.1) is 0 Å². The fourth-order valence-electron chi connectivity index (χ4n) is 3.34. The van der Waals surface area contributed by atoms with Crippen molar-refractivity contribution in [1.82, 2.24) is 5.32 Å². The van der Waals surface area contributed by atoms with Crippen LogP contribution in [-0.2, 0) is 6.42 Å². The third kappa shape index (κ3) is 3.11. The maximum absolute atomic E-state index is 12.6. The Hall–Kier alpha value is -3.13. The van der Waals surface area contributed by atoms with Gasteiger partial charge in [0, 0.05) is 12.1 Å². The lowest BCUT2D eigenvalue weighted by molar-refractivity contribution is 0.0956. The first-order valence-electron chi connectivity index (χ1n) is 8.55. The summed E-state index contributed by atoms with van der Waals surface area (Å²) < 4.78 is 0. The summed E-state index contributed by atoms with van der Waals surface area (Å²) in [6.07, 6.45) is 0.817. The number of carbonyl (C=O) groups is 1. The topological polar surface area (TPSA) is 29.1 Å². The van der Waals surface area contributed by atoms with Gasteiger partial charge in [0.2, 0.25) is 0 Å². The summed E-state index contributed by atoms with van der Waals surface area (Å²) in [7, 11) is 0. The van der Waals surface area contributed by atoms with Crippen molar-refractivity contribution in [2.45, 2.75) is 6.42 Å². The van der Waals surface area contributed by atoms with Gasteiger partial charge in [-0.05, 0) is 39.6 Å². The first-order valence-corrected chi connectivity index (χ1v) is 8.55. The number of benzene rings is 4. The van der Waals surface area contributed by atoms with Gasteiger partial charge in [-0.2, -0.15) is 0 Å². The molecule has 4 aromatic carbocycles. The molecule has 0 aromatic heterocycles. The summed E-state index contributed by atoms with van der Waals surface area (Å²) in [5.41, 5.74) is 1.99. The van der Waals surface area contributed by atoms with E-state index in [1.54, 1.807) is 0 Å². The fourth-order valence-corrected chi connectivity index (χ4v) is 3.34. The second-order valence-electron chi connectivity index (χ2n) is 6.17. The highest BCUT2D eigenvalue weighted by Crippen LogP contribution is 2.20. The van der Waals surface area contributed by atoms with Gasteiger partial charge >= 0.3 is 0 Å². The molecule has 0 bridgehead atoms. The third-order valence-electron chi connectivity index (χ3n) is 4.59. The molecular weight excluding hydrogens is 306 g/mol.